The zero-order chi connectivity index (χ0) is 12.8. The molecule has 0 aliphatic rings. The molecule has 0 aliphatic carbocycles. The second-order valence-corrected chi connectivity index (χ2v) is 4.12. The molecule has 0 saturated heterocycles. The summed E-state index contributed by atoms with van der Waals surface area (Å²) >= 11 is 5.72. The third kappa shape index (κ3) is 4.19. The van der Waals surface area contributed by atoms with Crippen molar-refractivity contribution < 1.29 is 9.53 Å². The summed E-state index contributed by atoms with van der Waals surface area (Å²) in [5, 5.41) is -0.105. The molecule has 17 heavy (non-hydrogen) atoms. The van der Waals surface area contributed by atoms with Crippen LogP contribution in [0, 0.1) is 13.8 Å². The number of benzene rings is 1. The lowest BCUT2D eigenvalue weighted by molar-refractivity contribution is -0.134. The van der Waals surface area contributed by atoms with Crippen molar-refractivity contribution in [2.75, 3.05) is 6.61 Å². The largest absolute Gasteiger partial charge is 0.461 e. The van der Waals surface area contributed by atoms with E-state index in [4.69, 9.17) is 16.3 Å². The number of aliphatic imine (C=N–C) groups is 1. The molecule has 1 rings (SSSR count). The first-order valence-corrected chi connectivity index (χ1v) is 5.85. The molecule has 0 heterocycles. The number of aryl methyl sites for hydroxylation is 2. The number of ether oxygens (including phenoxy) is 1. The minimum Gasteiger partial charge on any atom is -0.461 e. The molecule has 0 aliphatic heterocycles. The van der Waals surface area contributed by atoms with Crippen LogP contribution in [0.1, 0.15) is 23.6 Å². The van der Waals surface area contributed by atoms with Gasteiger partial charge in [0, 0.05) is 0 Å². The summed E-state index contributed by atoms with van der Waals surface area (Å²) in [4.78, 5) is 15.2. The van der Waals surface area contributed by atoms with Crippen LogP contribution in [-0.2, 0) is 16.1 Å². The Morgan fingerprint density at radius 3 is 2.71 bits per heavy atom. The maximum Gasteiger partial charge on any atom is 0.368 e. The van der Waals surface area contributed by atoms with Gasteiger partial charge >= 0.3 is 5.97 Å². The van der Waals surface area contributed by atoms with Crippen LogP contribution in [0.15, 0.2) is 23.2 Å². The summed E-state index contributed by atoms with van der Waals surface area (Å²) in [5.74, 6) is -0.570. The van der Waals surface area contributed by atoms with Gasteiger partial charge in [0.2, 0.25) is 5.17 Å². The van der Waals surface area contributed by atoms with Crippen molar-refractivity contribution in [1.82, 2.24) is 0 Å². The van der Waals surface area contributed by atoms with Crippen LogP contribution in [0.25, 0.3) is 0 Å². The molecule has 0 N–H and O–H groups in total. The van der Waals surface area contributed by atoms with Gasteiger partial charge in [-0.1, -0.05) is 35.4 Å². The molecule has 0 spiro atoms. The highest BCUT2D eigenvalue weighted by molar-refractivity contribution is 6.82. The van der Waals surface area contributed by atoms with E-state index in [1.807, 2.05) is 26.0 Å². The third-order valence-corrected chi connectivity index (χ3v) is 2.60. The lowest BCUT2D eigenvalue weighted by Gasteiger charge is -2.04. The van der Waals surface area contributed by atoms with Crippen molar-refractivity contribution in [2.24, 2.45) is 4.99 Å². The van der Waals surface area contributed by atoms with Crippen LogP contribution in [0.4, 0.5) is 0 Å². The number of halogens is 1. The van der Waals surface area contributed by atoms with E-state index in [9.17, 15) is 4.79 Å². The molecule has 1 aromatic carbocycles. The Hall–Kier alpha value is -1.35. The van der Waals surface area contributed by atoms with Gasteiger partial charge in [-0.15, -0.1) is 0 Å². The Bertz CT molecular complexity index is 441. The van der Waals surface area contributed by atoms with Gasteiger partial charge in [0.15, 0.2) is 0 Å². The minimum absolute atomic E-state index is 0.105. The number of hydrogen-bond acceptors (Lipinski definition) is 3. The van der Waals surface area contributed by atoms with E-state index >= 15 is 0 Å². The molecule has 0 fully saturated rings. The minimum atomic E-state index is -0.570. The first-order valence-electron chi connectivity index (χ1n) is 5.47. The fourth-order valence-electron chi connectivity index (χ4n) is 1.43. The Labute approximate surface area is 106 Å². The fourth-order valence-corrected chi connectivity index (χ4v) is 1.55. The van der Waals surface area contributed by atoms with Gasteiger partial charge in [-0.25, -0.2) is 4.79 Å². The highest BCUT2D eigenvalue weighted by Gasteiger charge is 2.08. The summed E-state index contributed by atoms with van der Waals surface area (Å²) in [7, 11) is 0. The topological polar surface area (TPSA) is 38.7 Å². The van der Waals surface area contributed by atoms with Crippen LogP contribution in [0.5, 0.6) is 0 Å². The van der Waals surface area contributed by atoms with E-state index < -0.39 is 5.97 Å². The SMILES string of the molecule is CCOC(=O)C(Cl)=NCc1ccc(C)cc1C. The van der Waals surface area contributed by atoms with Crippen LogP contribution < -0.4 is 0 Å². The molecule has 0 bridgehead atoms. The van der Waals surface area contributed by atoms with Crippen LogP contribution in [-0.4, -0.2) is 17.7 Å². The Balaban J connectivity index is 2.72. The number of carbonyl (C=O) groups is 1. The molecule has 0 saturated carbocycles. The lowest BCUT2D eigenvalue weighted by Crippen LogP contribution is -2.12. The first kappa shape index (κ1) is 13.7. The van der Waals surface area contributed by atoms with E-state index in [2.05, 4.69) is 11.1 Å². The van der Waals surface area contributed by atoms with Gasteiger partial charge < -0.3 is 4.74 Å². The predicted octanol–water partition coefficient (Wildman–Crippen LogP) is 3.00. The van der Waals surface area contributed by atoms with Gasteiger partial charge in [0.25, 0.3) is 0 Å². The summed E-state index contributed by atoms with van der Waals surface area (Å²) < 4.78 is 4.74. The predicted molar refractivity (Wildman–Crippen MR) is 69.5 cm³/mol. The summed E-state index contributed by atoms with van der Waals surface area (Å²) in [6.07, 6.45) is 0. The average molecular weight is 254 g/mol. The van der Waals surface area contributed by atoms with Crippen molar-refractivity contribution in [1.29, 1.82) is 0 Å². The Kier molecular flexibility index (Phi) is 5.16. The smallest absolute Gasteiger partial charge is 0.368 e. The molecule has 0 amide bonds. The fraction of sp³-hybridized carbons (Fsp3) is 0.385. The van der Waals surface area contributed by atoms with E-state index in [1.54, 1.807) is 6.92 Å². The van der Waals surface area contributed by atoms with Gasteiger partial charge in [-0.2, -0.15) is 0 Å². The van der Waals surface area contributed by atoms with E-state index in [-0.39, 0.29) is 5.17 Å². The molecule has 0 atom stereocenters. The number of esters is 1. The van der Waals surface area contributed by atoms with E-state index in [0.29, 0.717) is 13.2 Å². The van der Waals surface area contributed by atoms with Crippen LogP contribution in [0.2, 0.25) is 0 Å². The Morgan fingerprint density at radius 2 is 2.12 bits per heavy atom. The standard InChI is InChI=1S/C13H16ClNO2/c1-4-17-13(16)12(14)15-8-11-6-5-9(2)7-10(11)3/h5-7H,4,8H2,1-3H3. The summed E-state index contributed by atoms with van der Waals surface area (Å²) in [5.41, 5.74) is 3.40. The van der Waals surface area contributed by atoms with Crippen molar-refractivity contribution >= 4 is 22.7 Å². The van der Waals surface area contributed by atoms with Crippen molar-refractivity contribution in [3.63, 3.8) is 0 Å². The lowest BCUT2D eigenvalue weighted by atomic mass is 10.1. The van der Waals surface area contributed by atoms with Gasteiger partial charge in [-0.05, 0) is 31.9 Å². The average Bonchev–Trinajstić information content (AvgIpc) is 2.27. The second-order valence-electron chi connectivity index (χ2n) is 3.76. The molecular weight excluding hydrogens is 238 g/mol. The third-order valence-electron chi connectivity index (χ3n) is 2.33. The molecule has 4 heteroatoms. The molecule has 0 radical (unpaired) electrons. The van der Waals surface area contributed by atoms with Gasteiger partial charge in [0.1, 0.15) is 0 Å². The molecule has 92 valence electrons. The van der Waals surface area contributed by atoms with Gasteiger partial charge in [0.05, 0.1) is 13.2 Å². The maximum atomic E-state index is 11.2. The van der Waals surface area contributed by atoms with E-state index in [1.165, 1.54) is 5.56 Å². The van der Waals surface area contributed by atoms with Crippen molar-refractivity contribution in [2.45, 2.75) is 27.3 Å². The maximum absolute atomic E-state index is 11.2. The molecular formula is C13H16ClNO2. The second kappa shape index (κ2) is 6.40. The Morgan fingerprint density at radius 1 is 1.41 bits per heavy atom. The highest BCUT2D eigenvalue weighted by Crippen LogP contribution is 2.12. The summed E-state index contributed by atoms with van der Waals surface area (Å²) in [6, 6.07) is 6.07. The number of carbonyl (C=O) groups excluding carboxylic acids is 1. The monoisotopic (exact) mass is 253 g/mol. The number of rotatable bonds is 4. The molecule has 0 unspecified atom stereocenters. The molecule has 3 nitrogen and oxygen atoms in total. The van der Waals surface area contributed by atoms with Gasteiger partial charge in [-0.3, -0.25) is 4.99 Å². The number of hydrogen-bond donors (Lipinski definition) is 0. The zero-order valence-electron chi connectivity index (χ0n) is 10.3. The molecule has 0 aromatic heterocycles. The first-order chi connectivity index (χ1) is 8.04. The number of nitrogens with zero attached hydrogens (tertiary/aromatic N) is 1. The van der Waals surface area contributed by atoms with Crippen LogP contribution >= 0.6 is 11.6 Å². The van der Waals surface area contributed by atoms with Crippen molar-refractivity contribution in [3.05, 3.63) is 34.9 Å². The van der Waals surface area contributed by atoms with E-state index in [0.717, 1.165) is 11.1 Å². The van der Waals surface area contributed by atoms with Crippen LogP contribution in [0.3, 0.4) is 0 Å². The zero-order valence-corrected chi connectivity index (χ0v) is 11.0. The normalized spacial score (nSPS) is 11.4. The van der Waals surface area contributed by atoms with Crippen molar-refractivity contribution in [3.8, 4) is 0 Å². The molecule has 1 aromatic rings. The summed E-state index contributed by atoms with van der Waals surface area (Å²) in [6.45, 7) is 6.46. The highest BCUT2D eigenvalue weighted by atomic mass is 35.5. The quantitative estimate of drug-likeness (QED) is 0.611.